The van der Waals surface area contributed by atoms with Gasteiger partial charge < -0.3 is 15.5 Å². The maximum atomic E-state index is 12.1. The molecule has 1 fully saturated rings. The summed E-state index contributed by atoms with van der Waals surface area (Å²) in [4.78, 5) is 16.0. The minimum Gasteiger partial charge on any atom is -0.397 e. The molecule has 1 saturated carbocycles. The van der Waals surface area contributed by atoms with Gasteiger partial charge in [0.15, 0.2) is 0 Å². The number of nitrogen functional groups attached to an aromatic ring is 1. The predicted molar refractivity (Wildman–Crippen MR) is 84.1 cm³/mol. The highest BCUT2D eigenvalue weighted by Crippen LogP contribution is 2.34. The topological polar surface area (TPSA) is 49.6 Å². The second-order valence-electron chi connectivity index (χ2n) is 6.16. The highest BCUT2D eigenvalue weighted by Gasteiger charge is 2.27. The molecule has 1 aliphatic carbocycles. The van der Waals surface area contributed by atoms with Gasteiger partial charge in [0.1, 0.15) is 0 Å². The van der Waals surface area contributed by atoms with E-state index in [-0.39, 0.29) is 5.91 Å². The van der Waals surface area contributed by atoms with Crippen molar-refractivity contribution in [2.75, 3.05) is 31.3 Å². The maximum Gasteiger partial charge on any atom is 0.253 e. The molecular formula is C16H25N3O. The van der Waals surface area contributed by atoms with Crippen molar-refractivity contribution in [2.45, 2.75) is 32.7 Å². The summed E-state index contributed by atoms with van der Waals surface area (Å²) in [5, 5.41) is 0. The number of carbonyl (C=O) groups is 1. The smallest absolute Gasteiger partial charge is 0.253 e. The maximum absolute atomic E-state index is 12.1. The summed E-state index contributed by atoms with van der Waals surface area (Å²) in [6, 6.07) is 5.95. The molecule has 1 aliphatic rings. The SMILES string of the molecule is CC(C)N(CC1CC1)c1cc(C(=O)N(C)C)ccc1N. The molecule has 0 aliphatic heterocycles. The molecule has 0 aromatic heterocycles. The third-order valence-corrected chi connectivity index (χ3v) is 3.77. The molecule has 2 N–H and O–H groups in total. The van der Waals surface area contributed by atoms with Crippen molar-refractivity contribution in [3.05, 3.63) is 23.8 Å². The molecule has 20 heavy (non-hydrogen) atoms. The molecule has 1 aromatic rings. The quantitative estimate of drug-likeness (QED) is 0.840. The number of benzene rings is 1. The fourth-order valence-electron chi connectivity index (χ4n) is 2.35. The van der Waals surface area contributed by atoms with E-state index in [4.69, 9.17) is 5.73 Å². The van der Waals surface area contributed by atoms with Crippen molar-refractivity contribution >= 4 is 17.3 Å². The number of carbonyl (C=O) groups excluding carboxylic acids is 1. The minimum atomic E-state index is 0.0152. The van der Waals surface area contributed by atoms with Gasteiger partial charge in [0.2, 0.25) is 0 Å². The van der Waals surface area contributed by atoms with Gasteiger partial charge in [-0.05, 0) is 50.8 Å². The summed E-state index contributed by atoms with van der Waals surface area (Å²) in [5.74, 6) is 0.798. The van der Waals surface area contributed by atoms with Crippen molar-refractivity contribution in [3.63, 3.8) is 0 Å². The zero-order chi connectivity index (χ0) is 14.9. The Bertz CT molecular complexity index is 492. The van der Waals surface area contributed by atoms with Gasteiger partial charge in [-0.3, -0.25) is 4.79 Å². The third-order valence-electron chi connectivity index (χ3n) is 3.77. The second kappa shape index (κ2) is 5.73. The largest absolute Gasteiger partial charge is 0.397 e. The second-order valence-corrected chi connectivity index (χ2v) is 6.16. The van der Waals surface area contributed by atoms with Gasteiger partial charge in [-0.2, -0.15) is 0 Å². The van der Waals surface area contributed by atoms with Gasteiger partial charge >= 0.3 is 0 Å². The van der Waals surface area contributed by atoms with Crippen LogP contribution in [0.4, 0.5) is 11.4 Å². The van der Waals surface area contributed by atoms with Crippen LogP contribution in [0.25, 0.3) is 0 Å². The van der Waals surface area contributed by atoms with Crippen LogP contribution in [0.1, 0.15) is 37.0 Å². The molecule has 0 heterocycles. The van der Waals surface area contributed by atoms with Crippen LogP contribution in [0.5, 0.6) is 0 Å². The number of rotatable bonds is 5. The molecule has 0 radical (unpaired) electrons. The number of amides is 1. The molecule has 0 unspecified atom stereocenters. The van der Waals surface area contributed by atoms with Crippen LogP contribution in [0.2, 0.25) is 0 Å². The summed E-state index contributed by atoms with van der Waals surface area (Å²) in [5.41, 5.74) is 8.56. The standard InChI is InChI=1S/C16H25N3O/c1-11(2)19(10-12-5-6-12)15-9-13(7-8-14(15)17)16(20)18(3)4/h7-9,11-12H,5-6,10,17H2,1-4H3. The van der Waals surface area contributed by atoms with Gasteiger partial charge in [-0.25, -0.2) is 0 Å². The van der Waals surface area contributed by atoms with E-state index in [0.717, 1.165) is 23.8 Å². The predicted octanol–water partition coefficient (Wildman–Crippen LogP) is 2.60. The van der Waals surface area contributed by atoms with Gasteiger partial charge in [-0.1, -0.05) is 0 Å². The van der Waals surface area contributed by atoms with Crippen molar-refractivity contribution in [1.82, 2.24) is 4.90 Å². The summed E-state index contributed by atoms with van der Waals surface area (Å²) < 4.78 is 0. The van der Waals surface area contributed by atoms with Crippen molar-refractivity contribution in [2.24, 2.45) is 5.92 Å². The average Bonchev–Trinajstić information content (AvgIpc) is 3.19. The average molecular weight is 275 g/mol. The Morgan fingerprint density at radius 2 is 2.00 bits per heavy atom. The number of hydrogen-bond donors (Lipinski definition) is 1. The number of anilines is 2. The number of hydrogen-bond acceptors (Lipinski definition) is 3. The fraction of sp³-hybridized carbons (Fsp3) is 0.562. The van der Waals surface area contributed by atoms with Crippen LogP contribution in [0, 0.1) is 5.92 Å². The van der Waals surface area contributed by atoms with E-state index in [1.807, 2.05) is 12.1 Å². The molecule has 0 atom stereocenters. The van der Waals surface area contributed by atoms with Gasteiger partial charge in [0, 0.05) is 32.2 Å². The Kier molecular flexibility index (Phi) is 4.21. The summed E-state index contributed by atoms with van der Waals surface area (Å²) in [7, 11) is 3.53. The number of nitrogens with zero attached hydrogens (tertiary/aromatic N) is 2. The Morgan fingerprint density at radius 1 is 1.35 bits per heavy atom. The van der Waals surface area contributed by atoms with Crippen LogP contribution >= 0.6 is 0 Å². The summed E-state index contributed by atoms with van der Waals surface area (Å²) in [6.07, 6.45) is 2.61. The molecule has 0 spiro atoms. The summed E-state index contributed by atoms with van der Waals surface area (Å²) in [6.45, 7) is 5.37. The lowest BCUT2D eigenvalue weighted by Gasteiger charge is -2.30. The number of nitrogens with two attached hydrogens (primary N) is 1. The van der Waals surface area contributed by atoms with E-state index >= 15 is 0 Å². The first-order valence-electron chi connectivity index (χ1n) is 7.28. The Hall–Kier alpha value is -1.71. The first-order chi connectivity index (χ1) is 9.40. The highest BCUT2D eigenvalue weighted by molar-refractivity contribution is 5.96. The first kappa shape index (κ1) is 14.7. The zero-order valence-corrected chi connectivity index (χ0v) is 12.9. The van der Waals surface area contributed by atoms with E-state index < -0.39 is 0 Å². The van der Waals surface area contributed by atoms with E-state index in [9.17, 15) is 4.79 Å². The van der Waals surface area contributed by atoms with Gasteiger partial charge in [-0.15, -0.1) is 0 Å². The monoisotopic (exact) mass is 275 g/mol. The summed E-state index contributed by atoms with van der Waals surface area (Å²) >= 11 is 0. The molecule has 4 nitrogen and oxygen atoms in total. The van der Waals surface area contributed by atoms with E-state index in [2.05, 4.69) is 18.7 Å². The van der Waals surface area contributed by atoms with Crippen LogP contribution in [0.15, 0.2) is 18.2 Å². The molecular weight excluding hydrogens is 250 g/mol. The molecule has 0 saturated heterocycles. The van der Waals surface area contributed by atoms with Gasteiger partial charge in [0.05, 0.1) is 11.4 Å². The Labute approximate surface area is 121 Å². The van der Waals surface area contributed by atoms with Crippen LogP contribution in [0.3, 0.4) is 0 Å². The van der Waals surface area contributed by atoms with Crippen LogP contribution < -0.4 is 10.6 Å². The third kappa shape index (κ3) is 3.24. The van der Waals surface area contributed by atoms with Crippen LogP contribution in [-0.4, -0.2) is 37.5 Å². The molecule has 4 heteroatoms. The van der Waals surface area contributed by atoms with Crippen molar-refractivity contribution in [3.8, 4) is 0 Å². The molecule has 1 amide bonds. The lowest BCUT2D eigenvalue weighted by atomic mass is 10.1. The lowest BCUT2D eigenvalue weighted by molar-refractivity contribution is 0.0827. The Morgan fingerprint density at radius 3 is 2.50 bits per heavy atom. The fourth-order valence-corrected chi connectivity index (χ4v) is 2.35. The Balaban J connectivity index is 2.32. The van der Waals surface area contributed by atoms with Crippen LogP contribution in [-0.2, 0) is 0 Å². The normalized spacial score (nSPS) is 14.4. The van der Waals surface area contributed by atoms with E-state index in [1.165, 1.54) is 12.8 Å². The first-order valence-corrected chi connectivity index (χ1v) is 7.28. The van der Waals surface area contributed by atoms with E-state index in [1.54, 1.807) is 25.1 Å². The molecule has 110 valence electrons. The minimum absolute atomic E-state index is 0.0152. The van der Waals surface area contributed by atoms with Crippen molar-refractivity contribution < 1.29 is 4.79 Å². The van der Waals surface area contributed by atoms with Gasteiger partial charge in [0.25, 0.3) is 5.91 Å². The molecule has 2 rings (SSSR count). The highest BCUT2D eigenvalue weighted by atomic mass is 16.2. The van der Waals surface area contributed by atoms with Crippen molar-refractivity contribution in [1.29, 1.82) is 0 Å². The lowest BCUT2D eigenvalue weighted by Crippen LogP contribution is -2.33. The zero-order valence-electron chi connectivity index (χ0n) is 12.9. The molecule has 0 bridgehead atoms. The van der Waals surface area contributed by atoms with E-state index in [0.29, 0.717) is 11.6 Å². The molecule has 1 aromatic carbocycles.